The van der Waals surface area contributed by atoms with Crippen molar-refractivity contribution in [2.24, 2.45) is 5.10 Å². The minimum Gasteiger partial charge on any atom is -0.318 e. The van der Waals surface area contributed by atoms with Crippen LogP contribution >= 0.6 is 11.6 Å². The Labute approximate surface area is 150 Å². The number of hydrazone groups is 1. The van der Waals surface area contributed by atoms with E-state index < -0.39 is 0 Å². The number of hydrogen-bond donors (Lipinski definition) is 2. The van der Waals surface area contributed by atoms with Crippen molar-refractivity contribution in [2.75, 3.05) is 5.43 Å². The molecule has 7 heteroatoms. The minimum absolute atomic E-state index is 0.217. The summed E-state index contributed by atoms with van der Waals surface area (Å²) in [7, 11) is 0. The van der Waals surface area contributed by atoms with Gasteiger partial charge in [-0.15, -0.1) is 0 Å². The van der Waals surface area contributed by atoms with Gasteiger partial charge in [-0.3, -0.25) is 9.78 Å². The molecule has 0 spiro atoms. The van der Waals surface area contributed by atoms with Crippen LogP contribution in [0.1, 0.15) is 22.6 Å². The van der Waals surface area contributed by atoms with Gasteiger partial charge in [0.1, 0.15) is 0 Å². The van der Waals surface area contributed by atoms with Gasteiger partial charge in [-0.1, -0.05) is 11.6 Å². The predicted octanol–water partition coefficient (Wildman–Crippen LogP) is 3.59. The van der Waals surface area contributed by atoms with Crippen LogP contribution in [0.2, 0.25) is 5.02 Å². The fraction of sp³-hybridized carbons (Fsp3) is 0.167. The minimum atomic E-state index is -0.217. The van der Waals surface area contributed by atoms with E-state index in [2.05, 4.69) is 25.1 Å². The summed E-state index contributed by atoms with van der Waals surface area (Å²) in [6, 6.07) is 11.2. The molecule has 0 fully saturated rings. The van der Waals surface area contributed by atoms with Crippen molar-refractivity contribution >= 4 is 23.8 Å². The van der Waals surface area contributed by atoms with E-state index in [1.54, 1.807) is 13.1 Å². The van der Waals surface area contributed by atoms with Crippen LogP contribution in [0.4, 0.5) is 5.95 Å². The average molecular weight is 356 g/mol. The van der Waals surface area contributed by atoms with Gasteiger partial charge in [0.15, 0.2) is 0 Å². The maximum Gasteiger partial charge on any atom is 0.252 e. The highest BCUT2D eigenvalue weighted by molar-refractivity contribution is 6.30. The summed E-state index contributed by atoms with van der Waals surface area (Å²) >= 11 is 5.96. The second-order valence-electron chi connectivity index (χ2n) is 5.74. The van der Waals surface area contributed by atoms with Crippen LogP contribution in [0.3, 0.4) is 0 Å². The number of aryl methyl sites for hydroxylation is 2. The molecule has 3 aromatic rings. The number of nitrogens with zero attached hydrogens (tertiary/aromatic N) is 3. The summed E-state index contributed by atoms with van der Waals surface area (Å²) in [5.41, 5.74) is 7.31. The fourth-order valence-electron chi connectivity index (χ4n) is 2.70. The van der Waals surface area contributed by atoms with Crippen molar-refractivity contribution in [3.63, 3.8) is 0 Å². The molecule has 0 aliphatic rings. The number of rotatable bonds is 4. The lowest BCUT2D eigenvalue weighted by atomic mass is 10.2. The molecule has 0 amide bonds. The van der Waals surface area contributed by atoms with Gasteiger partial charge in [-0.25, -0.2) is 10.4 Å². The Hall–Kier alpha value is -2.86. The SMILES string of the molecule is Cc1cc(=O)[nH]c(NN=Cc2cc(C)n(-c3ccc(Cl)cc3)c2C)n1. The van der Waals surface area contributed by atoms with Gasteiger partial charge in [0.25, 0.3) is 5.56 Å². The van der Waals surface area contributed by atoms with Crippen LogP contribution in [0.5, 0.6) is 0 Å². The predicted molar refractivity (Wildman–Crippen MR) is 101 cm³/mol. The zero-order chi connectivity index (χ0) is 18.0. The van der Waals surface area contributed by atoms with E-state index in [4.69, 9.17) is 11.6 Å². The van der Waals surface area contributed by atoms with Crippen molar-refractivity contribution in [3.8, 4) is 5.69 Å². The molecule has 0 saturated carbocycles. The van der Waals surface area contributed by atoms with Gasteiger partial charge in [0.05, 0.1) is 6.21 Å². The molecule has 2 heterocycles. The monoisotopic (exact) mass is 355 g/mol. The summed E-state index contributed by atoms with van der Waals surface area (Å²) in [5.74, 6) is 0.313. The number of anilines is 1. The first kappa shape index (κ1) is 17.0. The molecule has 25 heavy (non-hydrogen) atoms. The summed E-state index contributed by atoms with van der Waals surface area (Å²) in [6.45, 7) is 5.81. The average Bonchev–Trinajstić information content (AvgIpc) is 2.82. The first-order valence-electron chi connectivity index (χ1n) is 7.76. The zero-order valence-electron chi connectivity index (χ0n) is 14.2. The Morgan fingerprint density at radius 1 is 1.20 bits per heavy atom. The molecule has 0 radical (unpaired) electrons. The third kappa shape index (κ3) is 3.80. The van der Waals surface area contributed by atoms with E-state index in [0.717, 1.165) is 22.6 Å². The Morgan fingerprint density at radius 2 is 1.92 bits per heavy atom. The molecular weight excluding hydrogens is 338 g/mol. The lowest BCUT2D eigenvalue weighted by Crippen LogP contribution is -2.10. The summed E-state index contributed by atoms with van der Waals surface area (Å²) in [6.07, 6.45) is 1.71. The number of H-pyrrole nitrogens is 1. The van der Waals surface area contributed by atoms with Crippen molar-refractivity contribution in [3.05, 3.63) is 74.4 Å². The first-order chi connectivity index (χ1) is 11.9. The standard InChI is InChI=1S/C18H18ClN5O/c1-11-8-17(25)22-18(21-11)23-20-10-14-9-12(2)24(13(14)3)16-6-4-15(19)5-7-16/h4-10H,1-3H3,(H2,21,22,23,25). The molecular formula is C18H18ClN5O. The highest BCUT2D eigenvalue weighted by atomic mass is 35.5. The van der Waals surface area contributed by atoms with Gasteiger partial charge in [0, 0.05) is 39.4 Å². The van der Waals surface area contributed by atoms with E-state index >= 15 is 0 Å². The van der Waals surface area contributed by atoms with Crippen LogP contribution in [0, 0.1) is 20.8 Å². The van der Waals surface area contributed by atoms with Crippen molar-refractivity contribution < 1.29 is 0 Å². The molecule has 0 aliphatic carbocycles. The van der Waals surface area contributed by atoms with E-state index in [-0.39, 0.29) is 5.56 Å². The largest absolute Gasteiger partial charge is 0.318 e. The molecule has 2 aromatic heterocycles. The smallest absolute Gasteiger partial charge is 0.252 e. The van der Waals surface area contributed by atoms with Crippen LogP contribution in [-0.2, 0) is 0 Å². The maximum atomic E-state index is 11.4. The Balaban J connectivity index is 1.85. The molecule has 0 aliphatic heterocycles. The van der Waals surface area contributed by atoms with E-state index in [1.807, 2.05) is 44.2 Å². The van der Waals surface area contributed by atoms with Gasteiger partial charge in [0.2, 0.25) is 5.95 Å². The summed E-state index contributed by atoms with van der Waals surface area (Å²) < 4.78 is 2.13. The van der Waals surface area contributed by atoms with Gasteiger partial charge in [-0.05, 0) is 51.1 Å². The highest BCUT2D eigenvalue weighted by Crippen LogP contribution is 2.21. The normalized spacial score (nSPS) is 11.2. The quantitative estimate of drug-likeness (QED) is 0.554. The third-order valence-electron chi connectivity index (χ3n) is 3.80. The van der Waals surface area contributed by atoms with Gasteiger partial charge < -0.3 is 4.57 Å². The van der Waals surface area contributed by atoms with Crippen molar-refractivity contribution in [1.29, 1.82) is 0 Å². The van der Waals surface area contributed by atoms with Crippen LogP contribution in [-0.4, -0.2) is 20.7 Å². The highest BCUT2D eigenvalue weighted by Gasteiger charge is 2.09. The number of halogens is 1. The van der Waals surface area contributed by atoms with E-state index in [0.29, 0.717) is 16.7 Å². The molecule has 0 atom stereocenters. The molecule has 0 unspecified atom stereocenters. The van der Waals surface area contributed by atoms with Gasteiger partial charge in [-0.2, -0.15) is 5.10 Å². The van der Waals surface area contributed by atoms with Crippen LogP contribution < -0.4 is 11.0 Å². The fourth-order valence-corrected chi connectivity index (χ4v) is 2.83. The second kappa shape index (κ2) is 6.94. The van der Waals surface area contributed by atoms with E-state index in [9.17, 15) is 4.79 Å². The Bertz CT molecular complexity index is 986. The molecule has 128 valence electrons. The zero-order valence-corrected chi connectivity index (χ0v) is 14.9. The van der Waals surface area contributed by atoms with Gasteiger partial charge >= 0.3 is 0 Å². The molecule has 1 aromatic carbocycles. The van der Waals surface area contributed by atoms with Crippen molar-refractivity contribution in [2.45, 2.75) is 20.8 Å². The lowest BCUT2D eigenvalue weighted by molar-refractivity contribution is 0.965. The first-order valence-corrected chi connectivity index (χ1v) is 8.14. The number of benzene rings is 1. The topological polar surface area (TPSA) is 75.1 Å². The number of aromatic amines is 1. The molecule has 3 rings (SSSR count). The summed E-state index contributed by atoms with van der Waals surface area (Å²) in [5, 5.41) is 4.88. The lowest BCUT2D eigenvalue weighted by Gasteiger charge is -2.09. The van der Waals surface area contributed by atoms with E-state index in [1.165, 1.54) is 6.07 Å². The van der Waals surface area contributed by atoms with Crippen LogP contribution in [0.25, 0.3) is 5.69 Å². The Morgan fingerprint density at radius 3 is 2.60 bits per heavy atom. The molecule has 2 N–H and O–H groups in total. The maximum absolute atomic E-state index is 11.4. The molecule has 0 saturated heterocycles. The second-order valence-corrected chi connectivity index (χ2v) is 6.18. The Kier molecular flexibility index (Phi) is 4.72. The van der Waals surface area contributed by atoms with Crippen LogP contribution in [0.15, 0.2) is 46.3 Å². The number of aromatic nitrogens is 3. The number of hydrogen-bond acceptors (Lipinski definition) is 4. The van der Waals surface area contributed by atoms with Crippen molar-refractivity contribution in [1.82, 2.24) is 14.5 Å². The molecule has 6 nitrogen and oxygen atoms in total. The number of nitrogens with one attached hydrogen (secondary N) is 2. The third-order valence-corrected chi connectivity index (χ3v) is 4.05. The molecule has 0 bridgehead atoms. The summed E-state index contributed by atoms with van der Waals surface area (Å²) in [4.78, 5) is 18.2.